The highest BCUT2D eigenvalue weighted by Gasteiger charge is 2.33. The van der Waals surface area contributed by atoms with Crippen LogP contribution in [0.25, 0.3) is 0 Å². The molecule has 0 aliphatic carbocycles. The van der Waals surface area contributed by atoms with E-state index >= 15 is 0 Å². The largest absolute Gasteiger partial charge is 0.379 e. The lowest BCUT2D eigenvalue weighted by Crippen LogP contribution is -2.50. The van der Waals surface area contributed by atoms with Gasteiger partial charge in [0.25, 0.3) is 0 Å². The van der Waals surface area contributed by atoms with Gasteiger partial charge in [-0.05, 0) is 32.5 Å². The Labute approximate surface area is 127 Å². The van der Waals surface area contributed by atoms with Gasteiger partial charge in [0.05, 0.1) is 18.8 Å². The SMILES string of the molecule is CN(C)C(C=O)(CCN1CCOCC1)Cc1ccccc1. The number of rotatable bonds is 7. The van der Waals surface area contributed by atoms with E-state index in [9.17, 15) is 4.79 Å². The molecule has 0 saturated carbocycles. The normalized spacial score (nSPS) is 19.4. The Morgan fingerprint density at radius 2 is 1.90 bits per heavy atom. The van der Waals surface area contributed by atoms with Crippen LogP contribution in [0, 0.1) is 0 Å². The van der Waals surface area contributed by atoms with Crippen LogP contribution in [0.5, 0.6) is 0 Å². The topological polar surface area (TPSA) is 32.8 Å². The van der Waals surface area contributed by atoms with Crippen molar-refractivity contribution < 1.29 is 9.53 Å². The lowest BCUT2D eigenvalue weighted by Gasteiger charge is -2.37. The molecule has 1 saturated heterocycles. The molecule has 0 bridgehead atoms. The van der Waals surface area contributed by atoms with Crippen LogP contribution in [0.1, 0.15) is 12.0 Å². The molecular formula is C17H26N2O2. The predicted molar refractivity (Wildman–Crippen MR) is 84.5 cm³/mol. The Balaban J connectivity index is 2.03. The minimum atomic E-state index is -0.431. The average Bonchev–Trinajstić information content (AvgIpc) is 2.53. The third-order valence-electron chi connectivity index (χ3n) is 4.43. The molecule has 4 heteroatoms. The molecule has 0 radical (unpaired) electrons. The van der Waals surface area contributed by atoms with E-state index in [1.165, 1.54) is 5.56 Å². The zero-order valence-electron chi connectivity index (χ0n) is 13.1. The van der Waals surface area contributed by atoms with E-state index in [1.807, 2.05) is 32.3 Å². The van der Waals surface area contributed by atoms with Gasteiger partial charge in [0.15, 0.2) is 0 Å². The van der Waals surface area contributed by atoms with E-state index in [1.54, 1.807) is 0 Å². The molecule has 116 valence electrons. The van der Waals surface area contributed by atoms with Crippen LogP contribution in [0.4, 0.5) is 0 Å². The van der Waals surface area contributed by atoms with Gasteiger partial charge in [-0.2, -0.15) is 0 Å². The number of nitrogens with zero attached hydrogens (tertiary/aromatic N) is 2. The second kappa shape index (κ2) is 7.69. The third-order valence-corrected chi connectivity index (χ3v) is 4.43. The van der Waals surface area contributed by atoms with Gasteiger partial charge in [0, 0.05) is 19.6 Å². The minimum absolute atomic E-state index is 0.431. The fraction of sp³-hybridized carbons (Fsp3) is 0.588. The summed E-state index contributed by atoms with van der Waals surface area (Å²) in [6.45, 7) is 4.47. The molecule has 1 aromatic carbocycles. The van der Waals surface area contributed by atoms with Crippen LogP contribution >= 0.6 is 0 Å². The number of carbonyl (C=O) groups is 1. The van der Waals surface area contributed by atoms with Crippen molar-refractivity contribution in [1.82, 2.24) is 9.80 Å². The lowest BCUT2D eigenvalue weighted by molar-refractivity contribution is -0.118. The van der Waals surface area contributed by atoms with E-state index in [4.69, 9.17) is 4.74 Å². The average molecular weight is 290 g/mol. The van der Waals surface area contributed by atoms with Gasteiger partial charge in [-0.3, -0.25) is 9.80 Å². The number of likely N-dealkylation sites (N-methyl/N-ethyl adjacent to an activating group) is 1. The summed E-state index contributed by atoms with van der Waals surface area (Å²) in [5.41, 5.74) is 0.778. The molecule has 1 atom stereocenters. The van der Waals surface area contributed by atoms with Crippen LogP contribution < -0.4 is 0 Å². The van der Waals surface area contributed by atoms with Gasteiger partial charge in [-0.1, -0.05) is 30.3 Å². The van der Waals surface area contributed by atoms with Crippen LogP contribution in [0.15, 0.2) is 30.3 Å². The second-order valence-electron chi connectivity index (χ2n) is 5.98. The maximum atomic E-state index is 11.9. The highest BCUT2D eigenvalue weighted by Crippen LogP contribution is 2.22. The van der Waals surface area contributed by atoms with E-state index in [0.29, 0.717) is 0 Å². The summed E-state index contributed by atoms with van der Waals surface area (Å²) in [6, 6.07) is 10.3. The Hall–Kier alpha value is -1.23. The summed E-state index contributed by atoms with van der Waals surface area (Å²) >= 11 is 0. The first-order valence-corrected chi connectivity index (χ1v) is 7.64. The number of aldehydes is 1. The van der Waals surface area contributed by atoms with Crippen molar-refractivity contribution in [3.63, 3.8) is 0 Å². The molecule has 0 aromatic heterocycles. The highest BCUT2D eigenvalue weighted by atomic mass is 16.5. The number of carbonyl (C=O) groups excluding carboxylic acids is 1. The molecule has 1 aliphatic heterocycles. The summed E-state index contributed by atoms with van der Waals surface area (Å²) in [5, 5.41) is 0. The van der Waals surface area contributed by atoms with Crippen LogP contribution in [0.3, 0.4) is 0 Å². The molecule has 0 spiro atoms. The quantitative estimate of drug-likeness (QED) is 0.712. The smallest absolute Gasteiger partial charge is 0.140 e. The summed E-state index contributed by atoms with van der Waals surface area (Å²) in [7, 11) is 3.99. The number of ether oxygens (including phenoxy) is 1. The van der Waals surface area contributed by atoms with Crippen molar-refractivity contribution in [2.75, 3.05) is 46.9 Å². The monoisotopic (exact) mass is 290 g/mol. The molecule has 1 unspecified atom stereocenters. The molecule has 1 heterocycles. The minimum Gasteiger partial charge on any atom is -0.379 e. The Morgan fingerprint density at radius 1 is 1.24 bits per heavy atom. The van der Waals surface area contributed by atoms with Crippen molar-refractivity contribution in [1.29, 1.82) is 0 Å². The first kappa shape index (κ1) is 16.1. The maximum absolute atomic E-state index is 11.9. The molecule has 1 aromatic rings. The maximum Gasteiger partial charge on any atom is 0.140 e. The number of hydrogen-bond donors (Lipinski definition) is 0. The van der Waals surface area contributed by atoms with E-state index < -0.39 is 5.54 Å². The molecule has 0 amide bonds. The summed E-state index contributed by atoms with van der Waals surface area (Å²) in [6.07, 6.45) is 2.73. The first-order chi connectivity index (χ1) is 10.2. The van der Waals surface area contributed by atoms with Gasteiger partial charge in [-0.25, -0.2) is 0 Å². The summed E-state index contributed by atoms with van der Waals surface area (Å²) in [4.78, 5) is 16.3. The number of morpholine rings is 1. The van der Waals surface area contributed by atoms with Crippen molar-refractivity contribution in [2.45, 2.75) is 18.4 Å². The zero-order chi connectivity index (χ0) is 15.1. The lowest BCUT2D eigenvalue weighted by atomic mass is 9.87. The van der Waals surface area contributed by atoms with Crippen molar-refractivity contribution >= 4 is 6.29 Å². The molecule has 4 nitrogen and oxygen atoms in total. The fourth-order valence-electron chi connectivity index (χ4n) is 2.80. The second-order valence-corrected chi connectivity index (χ2v) is 5.98. The Morgan fingerprint density at radius 3 is 2.48 bits per heavy atom. The zero-order valence-corrected chi connectivity index (χ0v) is 13.1. The van der Waals surface area contributed by atoms with Crippen LogP contribution in [0.2, 0.25) is 0 Å². The van der Waals surface area contributed by atoms with Gasteiger partial charge < -0.3 is 9.53 Å². The van der Waals surface area contributed by atoms with E-state index in [2.05, 4.69) is 21.9 Å². The number of benzene rings is 1. The van der Waals surface area contributed by atoms with Crippen molar-refractivity contribution in [3.8, 4) is 0 Å². The van der Waals surface area contributed by atoms with Crippen molar-refractivity contribution in [3.05, 3.63) is 35.9 Å². The standard InChI is InChI=1S/C17H26N2O2/c1-18(2)17(15-20,14-16-6-4-3-5-7-16)8-9-19-10-12-21-13-11-19/h3-7,15H,8-14H2,1-2H3. The van der Waals surface area contributed by atoms with Gasteiger partial charge in [0.1, 0.15) is 6.29 Å². The molecule has 1 aliphatic rings. The molecular weight excluding hydrogens is 264 g/mol. The van der Waals surface area contributed by atoms with Gasteiger partial charge in [0.2, 0.25) is 0 Å². The fourth-order valence-corrected chi connectivity index (χ4v) is 2.80. The first-order valence-electron chi connectivity index (χ1n) is 7.64. The molecule has 2 rings (SSSR count). The van der Waals surface area contributed by atoms with Crippen LogP contribution in [-0.4, -0.2) is 68.6 Å². The summed E-state index contributed by atoms with van der Waals surface area (Å²) < 4.78 is 5.38. The molecule has 1 fully saturated rings. The van der Waals surface area contributed by atoms with Gasteiger partial charge >= 0.3 is 0 Å². The number of hydrogen-bond acceptors (Lipinski definition) is 4. The van der Waals surface area contributed by atoms with Crippen molar-refractivity contribution in [2.24, 2.45) is 0 Å². The highest BCUT2D eigenvalue weighted by molar-refractivity contribution is 5.65. The Kier molecular flexibility index (Phi) is 5.91. The van der Waals surface area contributed by atoms with Crippen LogP contribution in [-0.2, 0) is 16.0 Å². The predicted octanol–water partition coefficient (Wildman–Crippen LogP) is 1.45. The third kappa shape index (κ3) is 4.37. The molecule has 0 N–H and O–H groups in total. The van der Waals surface area contributed by atoms with Gasteiger partial charge in [-0.15, -0.1) is 0 Å². The van der Waals surface area contributed by atoms with E-state index in [-0.39, 0.29) is 0 Å². The Bertz CT molecular complexity index is 430. The van der Waals surface area contributed by atoms with E-state index in [0.717, 1.165) is 52.0 Å². The molecule has 21 heavy (non-hydrogen) atoms. The summed E-state index contributed by atoms with van der Waals surface area (Å²) in [5.74, 6) is 0.